The van der Waals surface area contributed by atoms with E-state index >= 15 is 0 Å². The highest BCUT2D eigenvalue weighted by Gasteiger charge is 2.23. The van der Waals surface area contributed by atoms with Crippen LogP contribution in [0.4, 0.5) is 0 Å². The first-order chi connectivity index (χ1) is 5.93. The van der Waals surface area contributed by atoms with E-state index in [-0.39, 0.29) is 0 Å². The summed E-state index contributed by atoms with van der Waals surface area (Å²) in [7, 11) is 0. The molecule has 1 saturated carbocycles. The summed E-state index contributed by atoms with van der Waals surface area (Å²) < 4.78 is 0. The molecule has 3 rings (SSSR count). The number of allylic oxidation sites excluding steroid dienone is 8. The third-order valence-electron chi connectivity index (χ3n) is 3.06. The molecular formula is C12H12. The lowest BCUT2D eigenvalue weighted by atomic mass is 9.90. The minimum absolute atomic E-state index is 0.778. The highest BCUT2D eigenvalue weighted by Crippen LogP contribution is 2.39. The van der Waals surface area contributed by atoms with Gasteiger partial charge < -0.3 is 0 Å². The Balaban J connectivity index is 2.08. The van der Waals surface area contributed by atoms with Gasteiger partial charge in [0.1, 0.15) is 0 Å². The van der Waals surface area contributed by atoms with Crippen LogP contribution in [0, 0.1) is 5.92 Å². The van der Waals surface area contributed by atoms with Crippen LogP contribution in [-0.4, -0.2) is 0 Å². The maximum Gasteiger partial charge on any atom is -0.00106 e. The van der Waals surface area contributed by atoms with E-state index in [2.05, 4.69) is 30.4 Å². The van der Waals surface area contributed by atoms with Gasteiger partial charge in [0.05, 0.1) is 0 Å². The van der Waals surface area contributed by atoms with E-state index in [1.807, 2.05) is 0 Å². The molecule has 3 aliphatic rings. The lowest BCUT2D eigenvalue weighted by Crippen LogP contribution is -2.00. The Bertz CT molecular complexity index is 337. The molecule has 3 aliphatic carbocycles. The minimum Gasteiger partial charge on any atom is -0.0695 e. The van der Waals surface area contributed by atoms with Gasteiger partial charge in [0.2, 0.25) is 0 Å². The van der Waals surface area contributed by atoms with Gasteiger partial charge in [-0.15, -0.1) is 0 Å². The summed E-state index contributed by atoms with van der Waals surface area (Å²) in [5.74, 6) is 0.778. The van der Waals surface area contributed by atoms with Crippen LogP contribution in [0.2, 0.25) is 0 Å². The van der Waals surface area contributed by atoms with E-state index in [1.165, 1.54) is 30.4 Å². The van der Waals surface area contributed by atoms with E-state index in [0.29, 0.717) is 0 Å². The fraction of sp³-hybridized carbons (Fsp3) is 0.333. The second kappa shape index (κ2) is 2.22. The smallest absolute Gasteiger partial charge is 0.00106 e. The normalized spacial score (nSPS) is 30.7. The molecule has 1 fully saturated rings. The van der Waals surface area contributed by atoms with Gasteiger partial charge in [0.25, 0.3) is 0 Å². The molecule has 0 bridgehead atoms. The van der Waals surface area contributed by atoms with Crippen molar-refractivity contribution in [3.8, 4) is 0 Å². The maximum atomic E-state index is 2.44. The van der Waals surface area contributed by atoms with Crippen molar-refractivity contribution in [2.75, 3.05) is 0 Å². The van der Waals surface area contributed by atoms with E-state index in [0.717, 1.165) is 5.92 Å². The van der Waals surface area contributed by atoms with Crippen molar-refractivity contribution in [2.24, 2.45) is 5.92 Å². The van der Waals surface area contributed by atoms with E-state index in [9.17, 15) is 0 Å². The van der Waals surface area contributed by atoms with Crippen molar-refractivity contribution >= 4 is 0 Å². The molecule has 0 saturated heterocycles. The van der Waals surface area contributed by atoms with Crippen molar-refractivity contribution in [2.45, 2.75) is 19.3 Å². The Morgan fingerprint density at radius 2 is 2.25 bits per heavy atom. The van der Waals surface area contributed by atoms with Gasteiger partial charge in [-0.3, -0.25) is 0 Å². The third kappa shape index (κ3) is 0.781. The third-order valence-corrected chi connectivity index (χ3v) is 3.06. The minimum atomic E-state index is 0.778. The molecule has 0 aromatic carbocycles. The van der Waals surface area contributed by atoms with Gasteiger partial charge >= 0.3 is 0 Å². The molecule has 0 aliphatic heterocycles. The first-order valence-corrected chi connectivity index (χ1v) is 4.74. The predicted molar refractivity (Wildman–Crippen MR) is 50.7 cm³/mol. The van der Waals surface area contributed by atoms with Crippen LogP contribution < -0.4 is 0 Å². The summed E-state index contributed by atoms with van der Waals surface area (Å²) >= 11 is 0. The zero-order chi connectivity index (χ0) is 7.97. The molecule has 1 unspecified atom stereocenters. The molecule has 0 N–H and O–H groups in total. The van der Waals surface area contributed by atoms with E-state index in [1.54, 1.807) is 5.57 Å². The molecule has 0 heterocycles. The Morgan fingerprint density at radius 3 is 3.25 bits per heavy atom. The lowest BCUT2D eigenvalue weighted by Gasteiger charge is -2.15. The first kappa shape index (κ1) is 6.47. The lowest BCUT2D eigenvalue weighted by molar-refractivity contribution is 0.758. The van der Waals surface area contributed by atoms with Gasteiger partial charge in [0.15, 0.2) is 0 Å². The number of rotatable bonds is 0. The topological polar surface area (TPSA) is 0 Å². The fourth-order valence-corrected chi connectivity index (χ4v) is 2.41. The van der Waals surface area contributed by atoms with Gasteiger partial charge in [-0.1, -0.05) is 36.0 Å². The van der Waals surface area contributed by atoms with Crippen molar-refractivity contribution in [1.29, 1.82) is 0 Å². The molecule has 0 heteroatoms. The number of hydrogen-bond donors (Lipinski definition) is 0. The zero-order valence-corrected chi connectivity index (χ0v) is 7.09. The molecule has 60 valence electrons. The molecule has 1 atom stereocenters. The molecule has 0 aromatic rings. The Hall–Kier alpha value is -1.04. The highest BCUT2D eigenvalue weighted by atomic mass is 14.3. The van der Waals surface area contributed by atoms with Gasteiger partial charge in [-0.2, -0.15) is 0 Å². The molecule has 0 amide bonds. The molecule has 0 radical (unpaired) electrons. The van der Waals surface area contributed by atoms with Crippen LogP contribution in [0.3, 0.4) is 0 Å². The van der Waals surface area contributed by atoms with E-state index in [4.69, 9.17) is 0 Å². The molecular weight excluding hydrogens is 144 g/mol. The molecule has 0 aromatic heterocycles. The van der Waals surface area contributed by atoms with Gasteiger partial charge in [-0.05, 0) is 36.3 Å². The number of fused-ring (bicyclic) bond motifs is 2. The van der Waals surface area contributed by atoms with Crippen LogP contribution in [0.5, 0.6) is 0 Å². The van der Waals surface area contributed by atoms with E-state index < -0.39 is 0 Å². The summed E-state index contributed by atoms with van der Waals surface area (Å²) in [5, 5.41) is 0. The second-order valence-corrected chi connectivity index (χ2v) is 3.82. The van der Waals surface area contributed by atoms with Crippen molar-refractivity contribution in [3.05, 3.63) is 47.1 Å². The molecule has 0 nitrogen and oxygen atoms in total. The average molecular weight is 156 g/mol. The van der Waals surface area contributed by atoms with Crippen LogP contribution in [0.25, 0.3) is 0 Å². The monoisotopic (exact) mass is 156 g/mol. The average Bonchev–Trinajstić information content (AvgIpc) is 2.64. The van der Waals surface area contributed by atoms with Crippen LogP contribution in [0.1, 0.15) is 19.3 Å². The SMILES string of the molecule is C1=CC2=CC3CCCC3=CC2=C1. The molecule has 12 heavy (non-hydrogen) atoms. The Kier molecular flexibility index (Phi) is 1.20. The van der Waals surface area contributed by atoms with Crippen LogP contribution in [-0.2, 0) is 0 Å². The largest absolute Gasteiger partial charge is 0.0695 e. The Morgan fingerprint density at radius 1 is 1.25 bits per heavy atom. The van der Waals surface area contributed by atoms with Crippen LogP contribution >= 0.6 is 0 Å². The van der Waals surface area contributed by atoms with Crippen molar-refractivity contribution in [3.63, 3.8) is 0 Å². The summed E-state index contributed by atoms with van der Waals surface area (Å²) in [5.41, 5.74) is 4.54. The summed E-state index contributed by atoms with van der Waals surface area (Å²) in [4.78, 5) is 0. The Labute approximate surface area is 73.0 Å². The maximum absolute atomic E-state index is 2.44. The van der Waals surface area contributed by atoms with Crippen molar-refractivity contribution < 1.29 is 0 Å². The fourth-order valence-electron chi connectivity index (χ4n) is 2.41. The predicted octanol–water partition coefficient (Wildman–Crippen LogP) is 3.15. The standard InChI is InChI=1S/C12H12/c1-3-9-7-11-5-2-6-12(11)8-10(9)4-1/h1,3-4,7-8,11H,2,5-6H2. The van der Waals surface area contributed by atoms with Gasteiger partial charge in [0, 0.05) is 0 Å². The van der Waals surface area contributed by atoms with Crippen LogP contribution in [0.15, 0.2) is 47.1 Å². The first-order valence-electron chi connectivity index (χ1n) is 4.74. The summed E-state index contributed by atoms with van der Waals surface area (Å²) in [6, 6.07) is 0. The number of hydrogen-bond acceptors (Lipinski definition) is 0. The zero-order valence-electron chi connectivity index (χ0n) is 7.09. The molecule has 0 spiro atoms. The highest BCUT2D eigenvalue weighted by molar-refractivity contribution is 5.58. The second-order valence-electron chi connectivity index (χ2n) is 3.82. The quantitative estimate of drug-likeness (QED) is 0.505. The van der Waals surface area contributed by atoms with Gasteiger partial charge in [-0.25, -0.2) is 0 Å². The van der Waals surface area contributed by atoms with Crippen molar-refractivity contribution in [1.82, 2.24) is 0 Å². The summed E-state index contributed by atoms with van der Waals surface area (Å²) in [6.45, 7) is 0. The summed E-state index contributed by atoms with van der Waals surface area (Å²) in [6.07, 6.45) is 15.5.